The van der Waals surface area contributed by atoms with Crippen LogP contribution in [0.4, 0.5) is 0 Å². The highest BCUT2D eigenvalue weighted by molar-refractivity contribution is 5.31. The number of aliphatic hydroxyl groups is 6. The van der Waals surface area contributed by atoms with E-state index in [1.54, 1.807) is 13.2 Å². The first-order chi connectivity index (χ1) is 22.7. The molecule has 3 heterocycles. The minimum Gasteiger partial charge on any atom is -0.431 e. The van der Waals surface area contributed by atoms with Gasteiger partial charge in [0.1, 0.15) is 36.6 Å². The Kier molecular flexibility index (Phi) is 9.05. The van der Waals surface area contributed by atoms with Gasteiger partial charge in [-0.1, -0.05) is 25.5 Å². The number of hydrogen-bond acceptors (Lipinski definition) is 12. The van der Waals surface area contributed by atoms with Crippen molar-refractivity contribution in [2.24, 2.45) is 22.7 Å². The second-order valence-electron chi connectivity index (χ2n) is 15.9. The summed E-state index contributed by atoms with van der Waals surface area (Å²) in [4.78, 5) is 11.6. The van der Waals surface area contributed by atoms with Gasteiger partial charge in [-0.15, -0.1) is 0 Å². The molecule has 1 aromatic heterocycles. The standard InChI is InChI=1S/C36H52O12/c1-17-26(38)27(39)29(41)33(45-17)48-31-18(2)46-32(30(42)28(31)40)47-21-9-12-34(3)20(15-21)6-7-24-23(34)10-13-35(4)22(11-14-36(24,35)43)19-5-8-25(37)44-16-19/h5,8,15-18,21-24,26-33,38-43H,6-7,9-14H2,1-4H3/t17-,18-,21-,22+,23-,24+,26-,27+,28-,29+,30+,31-,32-,33-,34-,35+,36-/m0/s1. The van der Waals surface area contributed by atoms with Crippen LogP contribution in [0, 0.1) is 22.7 Å². The van der Waals surface area contributed by atoms with Gasteiger partial charge >= 0.3 is 5.63 Å². The SMILES string of the molecule is C[C@@H]1O[C@@H](O[C@@H]2[C@@H](O)[C@@H](O)[C@H](O[C@@H]3C=C4CC[C@@H]5[C@H](CC[C@]6(C)[C@@H](c7ccc(=O)oc7)CC[C@]56O)[C@@]4(C)CC3)O[C@H]2C)[C@H](O)[C@H](O)[C@H]1O. The molecule has 0 radical (unpaired) electrons. The zero-order chi connectivity index (χ0) is 34.3. The van der Waals surface area contributed by atoms with E-state index in [0.29, 0.717) is 12.3 Å². The molecule has 0 bridgehead atoms. The minimum atomic E-state index is -1.55. The van der Waals surface area contributed by atoms with E-state index in [4.69, 9.17) is 23.4 Å². The zero-order valence-electron chi connectivity index (χ0n) is 28.2. The fourth-order valence-corrected chi connectivity index (χ4v) is 10.6. The highest BCUT2D eigenvalue weighted by Gasteiger charge is 2.66. The van der Waals surface area contributed by atoms with Crippen LogP contribution in [0.1, 0.15) is 90.5 Å². The van der Waals surface area contributed by atoms with E-state index in [0.717, 1.165) is 50.5 Å². The van der Waals surface area contributed by atoms with E-state index in [-0.39, 0.29) is 34.4 Å². The maximum absolute atomic E-state index is 12.5. The van der Waals surface area contributed by atoms with Gasteiger partial charge in [0.05, 0.1) is 30.2 Å². The van der Waals surface area contributed by atoms with E-state index >= 15 is 0 Å². The van der Waals surface area contributed by atoms with Gasteiger partial charge in [0.25, 0.3) is 0 Å². The summed E-state index contributed by atoms with van der Waals surface area (Å²) in [7, 11) is 0. The lowest BCUT2D eigenvalue weighted by Gasteiger charge is -2.62. The molecule has 2 aliphatic heterocycles. The average molecular weight is 677 g/mol. The van der Waals surface area contributed by atoms with Crippen LogP contribution in [0.2, 0.25) is 0 Å². The Labute approximate surface area is 280 Å². The van der Waals surface area contributed by atoms with Gasteiger partial charge in [-0.2, -0.15) is 0 Å². The van der Waals surface area contributed by atoms with Gasteiger partial charge in [-0.3, -0.25) is 0 Å². The Morgan fingerprint density at radius 1 is 0.771 bits per heavy atom. The van der Waals surface area contributed by atoms with Crippen LogP contribution in [0.25, 0.3) is 0 Å². The molecular formula is C36H52O12. The topological polar surface area (TPSA) is 189 Å². The monoisotopic (exact) mass is 676 g/mol. The summed E-state index contributed by atoms with van der Waals surface area (Å²) >= 11 is 0. The van der Waals surface area contributed by atoms with Gasteiger partial charge in [0.2, 0.25) is 0 Å². The molecule has 5 fully saturated rings. The summed E-state index contributed by atoms with van der Waals surface area (Å²) in [6.07, 6.45) is -2.16. The van der Waals surface area contributed by atoms with Gasteiger partial charge < -0.3 is 54.0 Å². The van der Waals surface area contributed by atoms with Crippen LogP contribution >= 0.6 is 0 Å². The Balaban J connectivity index is 1.02. The number of allylic oxidation sites excluding steroid dienone is 1. The smallest absolute Gasteiger partial charge is 0.335 e. The second-order valence-corrected chi connectivity index (χ2v) is 15.9. The van der Waals surface area contributed by atoms with Crippen molar-refractivity contribution in [2.75, 3.05) is 0 Å². The van der Waals surface area contributed by atoms with Crippen LogP contribution in [-0.2, 0) is 18.9 Å². The Bertz CT molecular complexity index is 1410. The molecule has 0 unspecified atom stereocenters. The first-order valence-corrected chi connectivity index (χ1v) is 17.7. The molecule has 6 N–H and O–H groups in total. The van der Waals surface area contributed by atoms with Crippen molar-refractivity contribution in [3.8, 4) is 0 Å². The van der Waals surface area contributed by atoms with Crippen molar-refractivity contribution < 1.29 is 54.0 Å². The van der Waals surface area contributed by atoms with Crippen molar-refractivity contribution in [3.05, 3.63) is 46.0 Å². The quantitative estimate of drug-likeness (QED) is 0.249. The van der Waals surface area contributed by atoms with E-state index in [2.05, 4.69) is 19.9 Å². The molecule has 12 nitrogen and oxygen atoms in total. The van der Waals surface area contributed by atoms with Crippen molar-refractivity contribution in [3.63, 3.8) is 0 Å². The number of hydrogen-bond donors (Lipinski definition) is 6. The summed E-state index contributed by atoms with van der Waals surface area (Å²) in [5.41, 5.74) is 0.732. The molecule has 1 aromatic rings. The third-order valence-electron chi connectivity index (χ3n) is 13.6. The lowest BCUT2D eigenvalue weighted by molar-refractivity contribution is -0.355. The van der Waals surface area contributed by atoms with Gasteiger partial charge in [0.15, 0.2) is 12.6 Å². The molecular weight excluding hydrogens is 624 g/mol. The molecule has 6 aliphatic rings. The largest absolute Gasteiger partial charge is 0.431 e. The van der Waals surface area contributed by atoms with Crippen LogP contribution < -0.4 is 5.63 Å². The molecule has 0 spiro atoms. The van der Waals surface area contributed by atoms with Crippen molar-refractivity contribution in [2.45, 2.75) is 158 Å². The first-order valence-electron chi connectivity index (χ1n) is 17.7. The summed E-state index contributed by atoms with van der Waals surface area (Å²) in [6, 6.07) is 3.33. The fraction of sp³-hybridized carbons (Fsp3) is 0.806. The van der Waals surface area contributed by atoms with Crippen LogP contribution in [-0.4, -0.2) is 104 Å². The van der Waals surface area contributed by atoms with Crippen LogP contribution in [0.3, 0.4) is 0 Å². The molecule has 12 heteroatoms. The molecule has 17 atom stereocenters. The number of aliphatic hydroxyl groups excluding tert-OH is 5. The lowest BCUT2D eigenvalue weighted by atomic mass is 9.45. The molecule has 0 aromatic carbocycles. The average Bonchev–Trinajstić information content (AvgIpc) is 3.34. The molecule has 268 valence electrons. The maximum Gasteiger partial charge on any atom is 0.335 e. The highest BCUT2D eigenvalue weighted by atomic mass is 16.7. The third kappa shape index (κ3) is 5.37. The molecule has 0 amide bonds. The Hall–Kier alpha value is -1.71. The van der Waals surface area contributed by atoms with E-state index in [9.17, 15) is 35.4 Å². The number of fused-ring (bicyclic) bond motifs is 5. The Morgan fingerprint density at radius 2 is 1.48 bits per heavy atom. The van der Waals surface area contributed by atoms with Gasteiger partial charge in [-0.05, 0) is 100 Å². The summed E-state index contributed by atoms with van der Waals surface area (Å²) in [6.45, 7) is 7.76. The lowest BCUT2D eigenvalue weighted by Crippen LogP contribution is -2.63. The summed E-state index contributed by atoms with van der Waals surface area (Å²) in [5.74, 6) is 0.613. The van der Waals surface area contributed by atoms with Gasteiger partial charge in [-0.25, -0.2) is 4.79 Å². The zero-order valence-corrected chi connectivity index (χ0v) is 28.2. The molecule has 7 rings (SSSR count). The maximum atomic E-state index is 12.5. The van der Waals surface area contributed by atoms with Crippen LogP contribution in [0.5, 0.6) is 0 Å². The molecule has 3 saturated carbocycles. The van der Waals surface area contributed by atoms with Crippen molar-refractivity contribution in [1.82, 2.24) is 0 Å². The summed E-state index contributed by atoms with van der Waals surface area (Å²) < 4.78 is 28.9. The van der Waals surface area contributed by atoms with Crippen molar-refractivity contribution in [1.29, 1.82) is 0 Å². The van der Waals surface area contributed by atoms with Crippen molar-refractivity contribution >= 4 is 0 Å². The second kappa shape index (κ2) is 12.5. The highest BCUT2D eigenvalue weighted by Crippen LogP contribution is 2.70. The molecule has 4 aliphatic carbocycles. The van der Waals surface area contributed by atoms with E-state index in [1.807, 2.05) is 6.07 Å². The predicted molar refractivity (Wildman–Crippen MR) is 169 cm³/mol. The van der Waals surface area contributed by atoms with Gasteiger partial charge in [0, 0.05) is 11.5 Å². The fourth-order valence-electron chi connectivity index (χ4n) is 10.6. The third-order valence-corrected chi connectivity index (χ3v) is 13.6. The van der Waals surface area contributed by atoms with E-state index < -0.39 is 67.0 Å². The normalized spacial score (nSPS) is 52.2. The Morgan fingerprint density at radius 3 is 2.21 bits per heavy atom. The van der Waals surface area contributed by atoms with Crippen LogP contribution in [0.15, 0.2) is 39.3 Å². The number of ether oxygens (including phenoxy) is 4. The van der Waals surface area contributed by atoms with E-state index in [1.165, 1.54) is 18.6 Å². The first kappa shape index (κ1) is 34.7. The minimum absolute atomic E-state index is 0.0919. The number of rotatable bonds is 5. The molecule has 48 heavy (non-hydrogen) atoms. The molecule has 2 saturated heterocycles. The summed E-state index contributed by atoms with van der Waals surface area (Å²) in [5, 5.41) is 65.2. The predicted octanol–water partition coefficient (Wildman–Crippen LogP) is 1.87.